The Kier molecular flexibility index (Phi) is 5.87. The van der Waals surface area contributed by atoms with Crippen molar-refractivity contribution < 1.29 is 4.74 Å². The van der Waals surface area contributed by atoms with E-state index in [1.54, 1.807) is 0 Å². The van der Waals surface area contributed by atoms with Crippen molar-refractivity contribution in [3.05, 3.63) is 29.8 Å². The molecule has 1 saturated heterocycles. The van der Waals surface area contributed by atoms with Gasteiger partial charge in [0.25, 0.3) is 0 Å². The minimum absolute atomic E-state index is 0. The second kappa shape index (κ2) is 7.45. The molecule has 2 fully saturated rings. The van der Waals surface area contributed by atoms with Gasteiger partial charge in [0.05, 0.1) is 12.1 Å². The molecule has 0 bridgehead atoms. The number of benzene rings is 1. The number of halogens is 1. The summed E-state index contributed by atoms with van der Waals surface area (Å²) in [6, 6.07) is 8.67. The summed E-state index contributed by atoms with van der Waals surface area (Å²) in [5, 5.41) is 3.17. The summed E-state index contributed by atoms with van der Waals surface area (Å²) in [7, 11) is 0. The highest BCUT2D eigenvalue weighted by Gasteiger charge is 2.43. The Bertz CT molecular complexity index is 489. The van der Waals surface area contributed by atoms with Crippen LogP contribution in [0.4, 0.5) is 5.69 Å². The van der Waals surface area contributed by atoms with Gasteiger partial charge in [-0.25, -0.2) is 4.99 Å². The fraction of sp³-hybridized carbons (Fsp3) is 0.562. The van der Waals surface area contributed by atoms with Gasteiger partial charge >= 0.3 is 0 Å². The van der Waals surface area contributed by atoms with Gasteiger partial charge in [0.2, 0.25) is 0 Å². The number of nitrogens with one attached hydrogen (secondary N) is 1. The maximum atomic E-state index is 6.01. The molecule has 3 rings (SSSR count). The van der Waals surface area contributed by atoms with E-state index >= 15 is 0 Å². The maximum Gasteiger partial charge on any atom is 0.193 e. The number of anilines is 1. The summed E-state index contributed by atoms with van der Waals surface area (Å²) in [6.45, 7) is 3.06. The van der Waals surface area contributed by atoms with E-state index in [1.165, 1.54) is 12.0 Å². The Labute approximate surface area is 143 Å². The highest BCUT2D eigenvalue weighted by Crippen LogP contribution is 2.39. The first-order chi connectivity index (χ1) is 9.76. The van der Waals surface area contributed by atoms with Crippen molar-refractivity contribution in [3.63, 3.8) is 0 Å². The van der Waals surface area contributed by atoms with Crippen LogP contribution in [0.5, 0.6) is 0 Å². The van der Waals surface area contributed by atoms with Gasteiger partial charge in [-0.15, -0.1) is 24.0 Å². The predicted octanol–water partition coefficient (Wildman–Crippen LogP) is 3.16. The lowest BCUT2D eigenvalue weighted by Gasteiger charge is -2.45. The number of guanidine groups is 1. The Morgan fingerprint density at radius 3 is 2.81 bits per heavy atom. The summed E-state index contributed by atoms with van der Waals surface area (Å²) < 4.78 is 5.70. The lowest BCUT2D eigenvalue weighted by molar-refractivity contribution is -0.0937. The van der Waals surface area contributed by atoms with E-state index in [-0.39, 0.29) is 24.0 Å². The van der Waals surface area contributed by atoms with Gasteiger partial charge in [0.1, 0.15) is 0 Å². The van der Waals surface area contributed by atoms with Crippen molar-refractivity contribution >= 4 is 35.6 Å². The van der Waals surface area contributed by atoms with Gasteiger partial charge in [-0.1, -0.05) is 19.1 Å². The van der Waals surface area contributed by atoms with E-state index in [4.69, 9.17) is 10.5 Å². The molecule has 3 atom stereocenters. The molecule has 1 heterocycles. The zero-order valence-electron chi connectivity index (χ0n) is 12.4. The minimum Gasteiger partial charge on any atom is -0.378 e. The molecule has 116 valence electrons. The molecule has 0 radical (unpaired) electrons. The van der Waals surface area contributed by atoms with Crippen molar-refractivity contribution in [2.24, 2.45) is 16.6 Å². The fourth-order valence-electron chi connectivity index (χ4n) is 3.09. The molecule has 3 unspecified atom stereocenters. The smallest absolute Gasteiger partial charge is 0.193 e. The van der Waals surface area contributed by atoms with E-state index in [0.29, 0.717) is 24.0 Å². The van der Waals surface area contributed by atoms with Crippen LogP contribution in [-0.4, -0.2) is 24.7 Å². The minimum atomic E-state index is 0. The van der Waals surface area contributed by atoms with E-state index in [0.717, 1.165) is 31.6 Å². The fourth-order valence-corrected chi connectivity index (χ4v) is 3.09. The summed E-state index contributed by atoms with van der Waals surface area (Å²) in [6.07, 6.45) is 4.86. The van der Waals surface area contributed by atoms with E-state index in [2.05, 4.69) is 41.5 Å². The highest BCUT2D eigenvalue weighted by atomic mass is 127. The zero-order chi connectivity index (χ0) is 13.9. The average molecular weight is 401 g/mol. The van der Waals surface area contributed by atoms with Gasteiger partial charge in [-0.2, -0.15) is 0 Å². The van der Waals surface area contributed by atoms with E-state index < -0.39 is 0 Å². The number of aliphatic imine (C=N–C) groups is 1. The highest BCUT2D eigenvalue weighted by molar-refractivity contribution is 14.0. The Morgan fingerprint density at radius 1 is 1.38 bits per heavy atom. The van der Waals surface area contributed by atoms with Crippen LogP contribution in [0.25, 0.3) is 0 Å². The summed E-state index contributed by atoms with van der Waals surface area (Å²) in [5.41, 5.74) is 8.33. The van der Waals surface area contributed by atoms with Gasteiger partial charge in [-0.05, 0) is 43.4 Å². The van der Waals surface area contributed by atoms with Crippen molar-refractivity contribution in [1.82, 2.24) is 0 Å². The quantitative estimate of drug-likeness (QED) is 0.465. The summed E-state index contributed by atoms with van der Waals surface area (Å²) in [4.78, 5) is 4.61. The molecular weight excluding hydrogens is 377 g/mol. The molecule has 4 nitrogen and oxygen atoms in total. The van der Waals surface area contributed by atoms with Crippen molar-refractivity contribution in [2.45, 2.75) is 44.8 Å². The van der Waals surface area contributed by atoms with Crippen molar-refractivity contribution in [2.75, 3.05) is 11.9 Å². The summed E-state index contributed by atoms with van der Waals surface area (Å²) >= 11 is 0. The van der Waals surface area contributed by atoms with Crippen LogP contribution in [0.3, 0.4) is 0 Å². The maximum absolute atomic E-state index is 6.01. The third-order valence-corrected chi connectivity index (χ3v) is 4.40. The van der Waals surface area contributed by atoms with Crippen LogP contribution in [0.15, 0.2) is 29.3 Å². The molecule has 1 saturated carbocycles. The first kappa shape index (κ1) is 16.5. The van der Waals surface area contributed by atoms with Crippen LogP contribution < -0.4 is 11.1 Å². The third kappa shape index (κ3) is 3.88. The lowest BCUT2D eigenvalue weighted by atomic mass is 9.73. The van der Waals surface area contributed by atoms with Gasteiger partial charge in [0.15, 0.2) is 5.96 Å². The van der Waals surface area contributed by atoms with Gasteiger partial charge in [-0.3, -0.25) is 0 Å². The summed E-state index contributed by atoms with van der Waals surface area (Å²) in [5.74, 6) is 1.09. The molecule has 3 N–H and O–H groups in total. The van der Waals surface area contributed by atoms with Gasteiger partial charge < -0.3 is 15.8 Å². The van der Waals surface area contributed by atoms with Crippen molar-refractivity contribution in [3.8, 4) is 0 Å². The van der Waals surface area contributed by atoms with E-state index in [1.807, 2.05) is 0 Å². The lowest BCUT2D eigenvalue weighted by Crippen LogP contribution is -2.49. The van der Waals surface area contributed by atoms with E-state index in [9.17, 15) is 0 Å². The third-order valence-electron chi connectivity index (χ3n) is 4.40. The topological polar surface area (TPSA) is 59.6 Å². The molecule has 0 spiro atoms. The number of aryl methyl sites for hydroxylation is 1. The van der Waals surface area contributed by atoms with Crippen LogP contribution in [0, 0.1) is 5.92 Å². The average Bonchev–Trinajstić information content (AvgIpc) is 2.46. The van der Waals surface area contributed by atoms with Crippen LogP contribution in [-0.2, 0) is 11.2 Å². The molecule has 1 aromatic carbocycles. The number of fused-ring (bicyclic) bond motifs is 1. The predicted molar refractivity (Wildman–Crippen MR) is 97.3 cm³/mol. The number of ether oxygens (including phenoxy) is 1. The Hall–Kier alpha value is -0.820. The molecule has 5 heteroatoms. The number of nitrogens with zero attached hydrogens (tertiary/aromatic N) is 1. The first-order valence-corrected chi connectivity index (χ1v) is 7.57. The van der Waals surface area contributed by atoms with Crippen LogP contribution >= 0.6 is 24.0 Å². The Morgan fingerprint density at radius 2 is 2.14 bits per heavy atom. The molecule has 0 aromatic heterocycles. The number of hydrogen-bond acceptors (Lipinski definition) is 2. The zero-order valence-corrected chi connectivity index (χ0v) is 14.7. The second-order valence-electron chi connectivity index (χ2n) is 5.71. The molecular formula is C16H24IN3O. The number of nitrogens with two attached hydrogens (primary N) is 1. The molecule has 1 aliphatic heterocycles. The SMILES string of the molecule is CCc1ccc(NC(N)=NC2CC3OCCCC23)cc1.I. The Balaban J connectivity index is 0.00000161. The largest absolute Gasteiger partial charge is 0.378 e. The van der Waals surface area contributed by atoms with Crippen molar-refractivity contribution in [1.29, 1.82) is 0 Å². The standard InChI is InChI=1S/C16H23N3O.HI/c1-2-11-5-7-12(8-6-11)18-16(17)19-14-10-15-13(14)4-3-9-20-15;/h5-8,13-15H,2-4,9-10H2,1H3,(H3,17,18,19);1H. The molecule has 1 aromatic rings. The second-order valence-corrected chi connectivity index (χ2v) is 5.71. The number of rotatable bonds is 3. The van der Waals surface area contributed by atoms with Crippen LogP contribution in [0.1, 0.15) is 31.7 Å². The molecule has 2 aliphatic rings. The van der Waals surface area contributed by atoms with Gasteiger partial charge in [0, 0.05) is 18.2 Å². The molecule has 0 amide bonds. The first-order valence-electron chi connectivity index (χ1n) is 7.57. The number of hydrogen-bond donors (Lipinski definition) is 2. The molecule has 1 aliphatic carbocycles. The monoisotopic (exact) mass is 401 g/mol. The van der Waals surface area contributed by atoms with Crippen LogP contribution in [0.2, 0.25) is 0 Å². The molecule has 21 heavy (non-hydrogen) atoms. The normalized spacial score (nSPS) is 28.0.